The zero-order valence-electron chi connectivity index (χ0n) is 11.3. The van der Waals surface area contributed by atoms with E-state index in [9.17, 15) is 0 Å². The number of hydrogen-bond donors (Lipinski definition) is 0. The summed E-state index contributed by atoms with van der Waals surface area (Å²) in [6.07, 6.45) is 5.07. The van der Waals surface area contributed by atoms with E-state index >= 15 is 0 Å². The monoisotopic (exact) mass is 250 g/mol. The number of benzene rings is 2. The Labute approximate surface area is 113 Å². The van der Waals surface area contributed by atoms with Crippen molar-refractivity contribution in [3.8, 4) is 0 Å². The molecule has 0 saturated heterocycles. The first-order chi connectivity index (χ1) is 9.35. The molecule has 0 amide bonds. The van der Waals surface area contributed by atoms with E-state index < -0.39 is 0 Å². The van der Waals surface area contributed by atoms with Gasteiger partial charge in [-0.3, -0.25) is 0 Å². The zero-order chi connectivity index (χ0) is 13.2. The Kier molecular flexibility index (Phi) is 3.12. The Morgan fingerprint density at radius 3 is 2.74 bits per heavy atom. The van der Waals surface area contributed by atoms with Crippen molar-refractivity contribution < 1.29 is 4.42 Å². The topological polar surface area (TPSA) is 13.1 Å². The Hall–Kier alpha value is -2.02. The van der Waals surface area contributed by atoms with Gasteiger partial charge in [-0.2, -0.15) is 0 Å². The molecular weight excluding hydrogens is 232 g/mol. The zero-order valence-corrected chi connectivity index (χ0v) is 11.3. The highest BCUT2D eigenvalue weighted by molar-refractivity contribution is 6.06. The minimum Gasteiger partial charge on any atom is -0.456 e. The maximum Gasteiger partial charge on any atom is 0.139 e. The molecule has 0 unspecified atom stereocenters. The van der Waals surface area contributed by atoms with Crippen molar-refractivity contribution in [1.29, 1.82) is 0 Å². The van der Waals surface area contributed by atoms with Crippen molar-refractivity contribution >= 4 is 21.9 Å². The van der Waals surface area contributed by atoms with E-state index in [0.717, 1.165) is 30.4 Å². The van der Waals surface area contributed by atoms with Crippen molar-refractivity contribution in [3.63, 3.8) is 0 Å². The second-order valence-electron chi connectivity index (χ2n) is 4.92. The predicted molar refractivity (Wildman–Crippen MR) is 81.6 cm³/mol. The Morgan fingerprint density at radius 1 is 1.11 bits per heavy atom. The molecule has 0 saturated carbocycles. The van der Waals surface area contributed by atoms with E-state index in [2.05, 4.69) is 37.8 Å². The Balaban J connectivity index is 2.34. The number of allylic oxidation sites excluding steroid dienone is 1. The molecule has 0 atom stereocenters. The Morgan fingerprint density at radius 2 is 1.95 bits per heavy atom. The molecule has 3 aromatic rings. The van der Waals surface area contributed by atoms with Gasteiger partial charge in [-0.15, -0.1) is 6.58 Å². The van der Waals surface area contributed by atoms with Gasteiger partial charge in [0, 0.05) is 16.3 Å². The van der Waals surface area contributed by atoms with Crippen LogP contribution in [0.4, 0.5) is 0 Å². The van der Waals surface area contributed by atoms with Crippen LogP contribution in [0.2, 0.25) is 0 Å². The average Bonchev–Trinajstić information content (AvgIpc) is 2.81. The summed E-state index contributed by atoms with van der Waals surface area (Å²) in [4.78, 5) is 0. The number of para-hydroxylation sites is 1. The number of furan rings is 1. The van der Waals surface area contributed by atoms with Gasteiger partial charge >= 0.3 is 0 Å². The molecule has 1 heteroatoms. The highest BCUT2D eigenvalue weighted by Gasteiger charge is 2.12. The highest BCUT2D eigenvalue weighted by Crippen LogP contribution is 2.33. The third-order valence-corrected chi connectivity index (χ3v) is 3.61. The van der Waals surface area contributed by atoms with Crippen LogP contribution in [0, 0.1) is 0 Å². The average molecular weight is 250 g/mol. The summed E-state index contributed by atoms with van der Waals surface area (Å²) < 4.78 is 6.08. The summed E-state index contributed by atoms with van der Waals surface area (Å²) in [5, 5.41) is 2.41. The fourth-order valence-corrected chi connectivity index (χ4v) is 2.76. The van der Waals surface area contributed by atoms with Gasteiger partial charge in [0.1, 0.15) is 11.2 Å². The first-order valence-corrected chi connectivity index (χ1v) is 6.88. The van der Waals surface area contributed by atoms with Gasteiger partial charge < -0.3 is 4.42 Å². The predicted octanol–water partition coefficient (Wildman–Crippen LogP) is 5.27. The third-order valence-electron chi connectivity index (χ3n) is 3.61. The normalized spacial score (nSPS) is 11.2. The summed E-state index contributed by atoms with van der Waals surface area (Å²) in [7, 11) is 0. The summed E-state index contributed by atoms with van der Waals surface area (Å²) in [6, 6.07) is 12.7. The molecule has 0 aliphatic heterocycles. The third kappa shape index (κ3) is 1.95. The molecule has 0 aliphatic rings. The second kappa shape index (κ2) is 4.93. The summed E-state index contributed by atoms with van der Waals surface area (Å²) in [6.45, 7) is 6.09. The molecule has 0 spiro atoms. The van der Waals surface area contributed by atoms with Gasteiger partial charge in [0.15, 0.2) is 0 Å². The molecular formula is C18H18O. The molecule has 3 rings (SSSR count). The standard InChI is InChI=1S/C18H18O/c1-3-7-13-11-12-16-15-9-5-6-10-17(15)19-18(16)14(13)8-4-2/h4-6,9-12H,2-3,7-8H2,1H3. The van der Waals surface area contributed by atoms with E-state index in [1.54, 1.807) is 0 Å². The van der Waals surface area contributed by atoms with Crippen molar-refractivity contribution in [1.82, 2.24) is 0 Å². The molecule has 2 aromatic carbocycles. The molecule has 1 heterocycles. The number of hydrogen-bond acceptors (Lipinski definition) is 1. The first-order valence-electron chi connectivity index (χ1n) is 6.88. The van der Waals surface area contributed by atoms with Gasteiger partial charge in [-0.05, 0) is 24.5 Å². The lowest BCUT2D eigenvalue weighted by Gasteiger charge is -2.07. The number of fused-ring (bicyclic) bond motifs is 3. The van der Waals surface area contributed by atoms with E-state index in [1.165, 1.54) is 21.9 Å². The molecule has 0 N–H and O–H groups in total. The van der Waals surface area contributed by atoms with Crippen LogP contribution in [-0.4, -0.2) is 0 Å². The van der Waals surface area contributed by atoms with Crippen LogP contribution in [-0.2, 0) is 12.8 Å². The molecule has 0 radical (unpaired) electrons. The van der Waals surface area contributed by atoms with Crippen molar-refractivity contribution in [2.45, 2.75) is 26.2 Å². The van der Waals surface area contributed by atoms with Crippen LogP contribution in [0.3, 0.4) is 0 Å². The van der Waals surface area contributed by atoms with Crippen LogP contribution in [0.1, 0.15) is 24.5 Å². The summed E-state index contributed by atoms with van der Waals surface area (Å²) in [5.74, 6) is 0. The lowest BCUT2D eigenvalue weighted by molar-refractivity contribution is 0.663. The van der Waals surface area contributed by atoms with Gasteiger partial charge in [0.25, 0.3) is 0 Å². The fraction of sp³-hybridized carbons (Fsp3) is 0.222. The van der Waals surface area contributed by atoms with E-state index in [-0.39, 0.29) is 0 Å². The van der Waals surface area contributed by atoms with Crippen molar-refractivity contribution in [3.05, 3.63) is 60.2 Å². The lowest BCUT2D eigenvalue weighted by Crippen LogP contribution is -1.93. The first kappa shape index (κ1) is 12.0. The minimum absolute atomic E-state index is 0.868. The smallest absolute Gasteiger partial charge is 0.139 e. The van der Waals surface area contributed by atoms with Gasteiger partial charge in [0.05, 0.1) is 0 Å². The number of aryl methyl sites for hydroxylation is 1. The maximum atomic E-state index is 6.08. The fourth-order valence-electron chi connectivity index (χ4n) is 2.76. The van der Waals surface area contributed by atoms with E-state index in [4.69, 9.17) is 4.42 Å². The van der Waals surface area contributed by atoms with E-state index in [1.807, 2.05) is 18.2 Å². The molecule has 19 heavy (non-hydrogen) atoms. The summed E-state index contributed by atoms with van der Waals surface area (Å²) >= 11 is 0. The minimum atomic E-state index is 0.868. The van der Waals surface area contributed by atoms with Crippen molar-refractivity contribution in [2.75, 3.05) is 0 Å². The quantitative estimate of drug-likeness (QED) is 0.575. The summed E-state index contributed by atoms with van der Waals surface area (Å²) in [5.41, 5.74) is 4.68. The second-order valence-corrected chi connectivity index (χ2v) is 4.92. The molecule has 0 bridgehead atoms. The van der Waals surface area contributed by atoms with Crippen LogP contribution in [0.25, 0.3) is 21.9 Å². The largest absolute Gasteiger partial charge is 0.456 e. The maximum absolute atomic E-state index is 6.08. The van der Waals surface area contributed by atoms with E-state index in [0.29, 0.717) is 0 Å². The lowest BCUT2D eigenvalue weighted by atomic mass is 9.97. The van der Waals surface area contributed by atoms with Crippen LogP contribution < -0.4 is 0 Å². The molecule has 0 aliphatic carbocycles. The molecule has 0 fully saturated rings. The Bertz CT molecular complexity index is 734. The van der Waals surface area contributed by atoms with Gasteiger partial charge in [0.2, 0.25) is 0 Å². The van der Waals surface area contributed by atoms with Crippen LogP contribution in [0.15, 0.2) is 53.5 Å². The van der Waals surface area contributed by atoms with Gasteiger partial charge in [-0.1, -0.05) is 49.8 Å². The SMILES string of the molecule is C=CCc1c(CCC)ccc2c1oc1ccccc12. The molecule has 96 valence electrons. The van der Waals surface area contributed by atoms with Crippen molar-refractivity contribution in [2.24, 2.45) is 0 Å². The van der Waals surface area contributed by atoms with Crippen LogP contribution in [0.5, 0.6) is 0 Å². The molecule has 1 nitrogen and oxygen atoms in total. The van der Waals surface area contributed by atoms with Crippen LogP contribution >= 0.6 is 0 Å². The molecule has 1 aromatic heterocycles. The number of rotatable bonds is 4. The van der Waals surface area contributed by atoms with Gasteiger partial charge in [-0.25, -0.2) is 0 Å². The highest BCUT2D eigenvalue weighted by atomic mass is 16.3.